The number of fused-ring (bicyclic) bond motifs is 6. The molecule has 5 heteroatoms. The minimum atomic E-state index is -0.270. The smallest absolute Gasteiger partial charge is 0.256 e. The number of hydrogen-bond acceptors (Lipinski definition) is 4. The lowest BCUT2D eigenvalue weighted by molar-refractivity contribution is 0.487. The number of anilines is 6. The van der Waals surface area contributed by atoms with Crippen LogP contribution in [0.2, 0.25) is 0 Å². The first-order valence-electron chi connectivity index (χ1n) is 18.3. The largest absolute Gasteiger partial charge is 0.458 e. The molecule has 4 nitrogen and oxygen atoms in total. The van der Waals surface area contributed by atoms with E-state index in [1.165, 1.54) is 60.8 Å². The van der Waals surface area contributed by atoms with Crippen molar-refractivity contribution in [1.82, 2.24) is 4.98 Å². The summed E-state index contributed by atoms with van der Waals surface area (Å²) in [5.74, 6) is 1.85. The molecule has 0 spiro atoms. The SMILES string of the molecule is CC1(C)c2cc3c(cc2-c2ccc(N(c4ccccc4)c4ccncc4)c4cccc1c24)Oc1cccc2c1B3c1ccccc1N2c1ccccc1. The molecule has 8 aromatic rings. The summed E-state index contributed by atoms with van der Waals surface area (Å²) in [5, 5.41) is 2.51. The van der Waals surface area contributed by atoms with E-state index in [9.17, 15) is 0 Å². The third kappa shape index (κ3) is 4.28. The van der Waals surface area contributed by atoms with Crippen LogP contribution < -0.4 is 30.9 Å². The van der Waals surface area contributed by atoms with Gasteiger partial charge in [-0.15, -0.1) is 0 Å². The maximum atomic E-state index is 6.98. The van der Waals surface area contributed by atoms with Gasteiger partial charge in [-0.05, 0) is 111 Å². The summed E-state index contributed by atoms with van der Waals surface area (Å²) >= 11 is 0. The van der Waals surface area contributed by atoms with E-state index in [1.807, 2.05) is 12.4 Å². The Kier molecular flexibility index (Phi) is 6.36. The van der Waals surface area contributed by atoms with Crippen LogP contribution in [-0.4, -0.2) is 11.7 Å². The normalized spacial score (nSPS) is 14.1. The monoisotopic (exact) mass is 679 g/mol. The van der Waals surface area contributed by atoms with Crippen molar-refractivity contribution in [3.8, 4) is 22.6 Å². The van der Waals surface area contributed by atoms with Gasteiger partial charge in [0.15, 0.2) is 0 Å². The number of para-hydroxylation sites is 3. The minimum absolute atomic E-state index is 0.0431. The van der Waals surface area contributed by atoms with Crippen LogP contribution in [0.1, 0.15) is 25.0 Å². The molecular formula is C48H34BN3O. The Morgan fingerprint density at radius 2 is 1.30 bits per heavy atom. The van der Waals surface area contributed by atoms with Gasteiger partial charge in [0.05, 0.1) is 5.69 Å². The van der Waals surface area contributed by atoms with Crippen LogP contribution >= 0.6 is 0 Å². The fourth-order valence-corrected chi connectivity index (χ4v) is 9.25. The zero-order valence-corrected chi connectivity index (χ0v) is 29.5. The zero-order chi connectivity index (χ0) is 35.3. The molecule has 3 heterocycles. The zero-order valence-electron chi connectivity index (χ0n) is 29.5. The van der Waals surface area contributed by atoms with Crippen molar-refractivity contribution in [3.05, 3.63) is 181 Å². The van der Waals surface area contributed by atoms with Gasteiger partial charge in [0, 0.05) is 51.6 Å². The van der Waals surface area contributed by atoms with Crippen molar-refractivity contribution in [2.24, 2.45) is 0 Å². The lowest BCUT2D eigenvalue weighted by Gasteiger charge is -2.41. The standard InChI is InChI=1S/C48H34BN3O/c1-48(2)37-18-11-17-35-41(51(31-13-5-3-6-14-31)33-25-27-50-28-26-33)24-23-34(46(35)37)36-29-45-40(30-38(36)48)49-39-19-9-10-20-42(39)52(32-15-7-4-8-16-32)43-21-12-22-44(53-45)47(43)49/h3-30H,1-2H3. The van der Waals surface area contributed by atoms with Crippen LogP contribution in [0.4, 0.5) is 34.1 Å². The second-order valence-electron chi connectivity index (χ2n) is 14.8. The van der Waals surface area contributed by atoms with Crippen molar-refractivity contribution in [3.63, 3.8) is 0 Å². The molecular weight excluding hydrogens is 645 g/mol. The summed E-state index contributed by atoms with van der Waals surface area (Å²) in [7, 11) is 0. The van der Waals surface area contributed by atoms with Gasteiger partial charge in [0.1, 0.15) is 11.5 Å². The van der Waals surface area contributed by atoms with Gasteiger partial charge >= 0.3 is 0 Å². The van der Waals surface area contributed by atoms with Gasteiger partial charge in [0.25, 0.3) is 6.71 Å². The predicted molar refractivity (Wildman–Crippen MR) is 220 cm³/mol. The van der Waals surface area contributed by atoms with Crippen molar-refractivity contribution in [2.75, 3.05) is 9.80 Å². The molecule has 0 bridgehead atoms. The number of pyridine rings is 1. The maximum absolute atomic E-state index is 6.98. The van der Waals surface area contributed by atoms with Crippen LogP contribution in [0.5, 0.6) is 11.5 Å². The predicted octanol–water partition coefficient (Wildman–Crippen LogP) is 10.4. The topological polar surface area (TPSA) is 28.6 Å². The fraction of sp³-hybridized carbons (Fsp3) is 0.0625. The second-order valence-corrected chi connectivity index (χ2v) is 14.8. The van der Waals surface area contributed by atoms with Crippen molar-refractivity contribution in [1.29, 1.82) is 0 Å². The van der Waals surface area contributed by atoms with E-state index >= 15 is 0 Å². The highest BCUT2D eigenvalue weighted by atomic mass is 16.5. The maximum Gasteiger partial charge on any atom is 0.256 e. The van der Waals surface area contributed by atoms with E-state index in [2.05, 4.69) is 186 Å². The lowest BCUT2D eigenvalue weighted by Crippen LogP contribution is -2.59. The average Bonchev–Trinajstić information content (AvgIpc) is 3.21. The molecule has 11 rings (SSSR count). The van der Waals surface area contributed by atoms with Crippen molar-refractivity contribution >= 4 is 68.0 Å². The quantitative estimate of drug-likeness (QED) is 0.173. The molecule has 0 radical (unpaired) electrons. The lowest BCUT2D eigenvalue weighted by atomic mass is 9.34. The molecule has 53 heavy (non-hydrogen) atoms. The first kappa shape index (κ1) is 30.1. The Balaban J connectivity index is 1.13. The van der Waals surface area contributed by atoms with E-state index in [-0.39, 0.29) is 12.1 Å². The molecule has 0 unspecified atom stereocenters. The molecule has 0 N–H and O–H groups in total. The van der Waals surface area contributed by atoms with Gasteiger partial charge in [-0.3, -0.25) is 4.98 Å². The molecule has 0 fully saturated rings. The van der Waals surface area contributed by atoms with Gasteiger partial charge in [-0.2, -0.15) is 0 Å². The first-order chi connectivity index (χ1) is 26.1. The van der Waals surface area contributed by atoms with Crippen LogP contribution in [0.3, 0.4) is 0 Å². The highest BCUT2D eigenvalue weighted by Crippen LogP contribution is 2.53. The Bertz CT molecular complexity index is 2710. The molecule has 7 aromatic carbocycles. The molecule has 0 saturated carbocycles. The summed E-state index contributed by atoms with van der Waals surface area (Å²) in [6, 6.07) is 57.1. The number of ether oxygens (including phenoxy) is 1. The number of aromatic nitrogens is 1. The molecule has 2 aliphatic heterocycles. The molecule has 0 atom stereocenters. The molecule has 250 valence electrons. The van der Waals surface area contributed by atoms with E-state index < -0.39 is 0 Å². The van der Waals surface area contributed by atoms with Crippen LogP contribution in [0.15, 0.2) is 170 Å². The number of nitrogens with zero attached hydrogens (tertiary/aromatic N) is 3. The van der Waals surface area contributed by atoms with Crippen molar-refractivity contribution < 1.29 is 4.74 Å². The van der Waals surface area contributed by atoms with Crippen LogP contribution in [0.25, 0.3) is 21.9 Å². The number of hydrogen-bond donors (Lipinski definition) is 0. The van der Waals surface area contributed by atoms with E-state index in [4.69, 9.17) is 4.74 Å². The summed E-state index contributed by atoms with van der Waals surface area (Å²) in [5.41, 5.74) is 15.4. The highest BCUT2D eigenvalue weighted by Gasteiger charge is 2.44. The summed E-state index contributed by atoms with van der Waals surface area (Å²) in [4.78, 5) is 9.06. The van der Waals surface area contributed by atoms with Gasteiger partial charge < -0.3 is 14.5 Å². The highest BCUT2D eigenvalue weighted by molar-refractivity contribution is 6.99. The van der Waals surface area contributed by atoms with Crippen LogP contribution in [-0.2, 0) is 5.41 Å². The average molecular weight is 680 g/mol. The van der Waals surface area contributed by atoms with Crippen molar-refractivity contribution in [2.45, 2.75) is 19.3 Å². The second kappa shape index (κ2) is 11.2. The first-order valence-corrected chi connectivity index (χ1v) is 18.3. The molecule has 0 amide bonds. The van der Waals surface area contributed by atoms with Crippen LogP contribution in [0, 0.1) is 0 Å². The van der Waals surface area contributed by atoms with Gasteiger partial charge in [-0.1, -0.05) is 105 Å². The van der Waals surface area contributed by atoms with E-state index in [0.717, 1.165) is 34.2 Å². The molecule has 1 aromatic heterocycles. The Hall–Kier alpha value is -6.59. The third-order valence-electron chi connectivity index (χ3n) is 11.6. The molecule has 0 saturated heterocycles. The van der Waals surface area contributed by atoms with E-state index in [0.29, 0.717) is 0 Å². The molecule has 3 aliphatic rings. The summed E-state index contributed by atoms with van der Waals surface area (Å²) in [6.45, 7) is 4.81. The molecule has 1 aliphatic carbocycles. The van der Waals surface area contributed by atoms with E-state index in [1.54, 1.807) is 0 Å². The minimum Gasteiger partial charge on any atom is -0.458 e. The fourth-order valence-electron chi connectivity index (χ4n) is 9.25. The Labute approximate surface area is 309 Å². The number of benzene rings is 7. The summed E-state index contributed by atoms with van der Waals surface area (Å²) in [6.07, 6.45) is 3.73. The Morgan fingerprint density at radius 1 is 0.585 bits per heavy atom. The third-order valence-corrected chi connectivity index (χ3v) is 11.6. The number of rotatable bonds is 4. The van der Waals surface area contributed by atoms with Gasteiger partial charge in [0.2, 0.25) is 0 Å². The Morgan fingerprint density at radius 3 is 2.13 bits per heavy atom. The summed E-state index contributed by atoms with van der Waals surface area (Å²) < 4.78 is 6.98. The van der Waals surface area contributed by atoms with Gasteiger partial charge in [-0.25, -0.2) is 0 Å².